The minimum atomic E-state index is 0.384. The van der Waals surface area contributed by atoms with Crippen molar-refractivity contribution in [2.45, 2.75) is 57.6 Å². The first-order valence-electron chi connectivity index (χ1n) is 5.84. The summed E-state index contributed by atoms with van der Waals surface area (Å²) in [5, 5.41) is 0. The zero-order valence-corrected chi connectivity index (χ0v) is 9.59. The molecule has 1 saturated heterocycles. The van der Waals surface area contributed by atoms with Crippen molar-refractivity contribution < 1.29 is 4.74 Å². The molecule has 86 valence electrons. The van der Waals surface area contributed by atoms with Crippen LogP contribution >= 0.6 is 0 Å². The van der Waals surface area contributed by atoms with Crippen LogP contribution in [0.5, 0.6) is 0 Å². The largest absolute Gasteiger partial charge is 0.378 e. The lowest BCUT2D eigenvalue weighted by Crippen LogP contribution is -2.35. The van der Waals surface area contributed by atoms with Crippen LogP contribution in [0.1, 0.15) is 45.4 Å². The highest BCUT2D eigenvalue weighted by Crippen LogP contribution is 2.18. The van der Waals surface area contributed by atoms with Gasteiger partial charge in [-0.25, -0.2) is 0 Å². The summed E-state index contributed by atoms with van der Waals surface area (Å²) < 4.78 is 5.58. The van der Waals surface area contributed by atoms with Gasteiger partial charge in [0.2, 0.25) is 0 Å². The highest BCUT2D eigenvalue weighted by atomic mass is 16.5. The van der Waals surface area contributed by atoms with Gasteiger partial charge < -0.3 is 4.74 Å². The van der Waals surface area contributed by atoms with Gasteiger partial charge in [0.25, 0.3) is 0 Å². The van der Waals surface area contributed by atoms with E-state index in [9.17, 15) is 0 Å². The summed E-state index contributed by atoms with van der Waals surface area (Å²) in [6.07, 6.45) is 7.07. The molecule has 0 aliphatic carbocycles. The molecule has 0 radical (unpaired) electrons. The van der Waals surface area contributed by atoms with Crippen molar-refractivity contribution in [2.75, 3.05) is 6.61 Å². The van der Waals surface area contributed by atoms with Gasteiger partial charge in [0, 0.05) is 19.1 Å². The molecule has 1 aliphatic rings. The van der Waals surface area contributed by atoms with Crippen LogP contribution in [0.3, 0.4) is 0 Å². The van der Waals surface area contributed by atoms with Crippen molar-refractivity contribution in [1.82, 2.24) is 5.43 Å². The molecule has 1 rings (SSSR count). The van der Waals surface area contributed by atoms with Crippen molar-refractivity contribution >= 4 is 0 Å². The zero-order chi connectivity index (χ0) is 10.9. The lowest BCUT2D eigenvalue weighted by molar-refractivity contribution is 0.0993. The Morgan fingerprint density at radius 3 is 3.00 bits per heavy atom. The number of hydrazine groups is 1. The Hall–Kier alpha value is -0.560. The van der Waals surface area contributed by atoms with Gasteiger partial charge in [-0.3, -0.25) is 11.3 Å². The Labute approximate surface area is 92.7 Å². The quantitative estimate of drug-likeness (QED) is 0.397. The predicted octanol–water partition coefficient (Wildman–Crippen LogP) is 1.58. The average molecular weight is 210 g/mol. The van der Waals surface area contributed by atoms with Crippen molar-refractivity contribution in [3.63, 3.8) is 0 Å². The molecular formula is C12H22N2O. The van der Waals surface area contributed by atoms with E-state index in [1.165, 1.54) is 12.8 Å². The van der Waals surface area contributed by atoms with Gasteiger partial charge in [0.15, 0.2) is 0 Å². The smallest absolute Gasteiger partial charge is 0.0576 e. The Bertz CT molecular complexity index is 213. The lowest BCUT2D eigenvalue weighted by atomic mass is 10.0. The van der Waals surface area contributed by atoms with E-state index >= 15 is 0 Å². The van der Waals surface area contributed by atoms with Gasteiger partial charge in [-0.1, -0.05) is 0 Å². The number of nitrogens with two attached hydrogens (primary N) is 1. The number of nitrogens with one attached hydrogen (secondary N) is 1. The van der Waals surface area contributed by atoms with Crippen LogP contribution in [-0.2, 0) is 4.74 Å². The second-order valence-corrected chi connectivity index (χ2v) is 4.04. The summed E-state index contributed by atoms with van der Waals surface area (Å²) in [6, 6.07) is 0.384. The number of rotatable bonds is 6. The normalized spacial score (nSPS) is 22.1. The summed E-state index contributed by atoms with van der Waals surface area (Å²) >= 11 is 0. The van der Waals surface area contributed by atoms with E-state index in [1.54, 1.807) is 0 Å². The molecule has 1 aliphatic heterocycles. The van der Waals surface area contributed by atoms with Gasteiger partial charge in [-0.05, 0) is 39.0 Å². The summed E-state index contributed by atoms with van der Waals surface area (Å²) in [6.45, 7) is 2.81. The summed E-state index contributed by atoms with van der Waals surface area (Å²) in [5.74, 6) is 11.5. The number of hydrogen-bond donors (Lipinski definition) is 2. The molecule has 0 saturated carbocycles. The van der Waals surface area contributed by atoms with Gasteiger partial charge in [0.05, 0.1) is 6.10 Å². The van der Waals surface area contributed by atoms with E-state index in [2.05, 4.69) is 17.3 Å². The molecule has 3 N–H and O–H groups in total. The molecule has 2 atom stereocenters. The Kier molecular flexibility index (Phi) is 6.42. The molecule has 0 amide bonds. The Morgan fingerprint density at radius 2 is 2.40 bits per heavy atom. The molecule has 15 heavy (non-hydrogen) atoms. The second-order valence-electron chi connectivity index (χ2n) is 4.04. The molecule has 3 heteroatoms. The van der Waals surface area contributed by atoms with Gasteiger partial charge in [0.1, 0.15) is 0 Å². The molecule has 0 aromatic rings. The monoisotopic (exact) mass is 210 g/mol. The first-order chi connectivity index (χ1) is 7.36. The predicted molar refractivity (Wildman–Crippen MR) is 62.0 cm³/mol. The van der Waals surface area contributed by atoms with E-state index in [-0.39, 0.29) is 0 Å². The van der Waals surface area contributed by atoms with Crippen LogP contribution in [0, 0.1) is 11.8 Å². The standard InChI is InChI=1S/C12H22N2O/c1-2-3-4-6-11(14-13)8-9-12-7-5-10-15-12/h11-12,14H,4-10,13H2,1H3. The zero-order valence-electron chi connectivity index (χ0n) is 9.59. The molecule has 1 fully saturated rings. The lowest BCUT2D eigenvalue weighted by Gasteiger charge is -2.16. The molecule has 0 bridgehead atoms. The Balaban J connectivity index is 2.11. The van der Waals surface area contributed by atoms with Crippen LogP contribution in [0.15, 0.2) is 0 Å². The third-order valence-electron chi connectivity index (χ3n) is 2.89. The summed E-state index contributed by atoms with van der Waals surface area (Å²) in [7, 11) is 0. The topological polar surface area (TPSA) is 47.3 Å². The fourth-order valence-electron chi connectivity index (χ4n) is 1.94. The molecule has 2 unspecified atom stereocenters. The molecule has 1 heterocycles. The second kappa shape index (κ2) is 7.70. The van der Waals surface area contributed by atoms with Crippen LogP contribution in [0.2, 0.25) is 0 Å². The van der Waals surface area contributed by atoms with E-state index in [0.29, 0.717) is 12.1 Å². The molecule has 0 aromatic heterocycles. The van der Waals surface area contributed by atoms with Gasteiger partial charge in [-0.2, -0.15) is 0 Å². The van der Waals surface area contributed by atoms with Crippen molar-refractivity contribution in [3.05, 3.63) is 0 Å². The van der Waals surface area contributed by atoms with E-state index in [1.807, 2.05) is 6.92 Å². The fourth-order valence-corrected chi connectivity index (χ4v) is 1.94. The first kappa shape index (κ1) is 12.5. The van der Waals surface area contributed by atoms with Gasteiger partial charge >= 0.3 is 0 Å². The van der Waals surface area contributed by atoms with Crippen LogP contribution in [0.4, 0.5) is 0 Å². The fraction of sp³-hybridized carbons (Fsp3) is 0.833. The highest BCUT2D eigenvalue weighted by molar-refractivity contribution is 4.95. The third-order valence-corrected chi connectivity index (χ3v) is 2.89. The van der Waals surface area contributed by atoms with Gasteiger partial charge in [-0.15, -0.1) is 11.8 Å². The third kappa shape index (κ3) is 5.17. The molecular weight excluding hydrogens is 188 g/mol. The van der Waals surface area contributed by atoms with E-state index < -0.39 is 0 Å². The van der Waals surface area contributed by atoms with Crippen LogP contribution in [0.25, 0.3) is 0 Å². The summed E-state index contributed by atoms with van der Waals surface area (Å²) in [5.41, 5.74) is 2.86. The minimum Gasteiger partial charge on any atom is -0.378 e. The molecule has 0 aromatic carbocycles. The van der Waals surface area contributed by atoms with Crippen LogP contribution in [-0.4, -0.2) is 18.8 Å². The highest BCUT2D eigenvalue weighted by Gasteiger charge is 2.17. The first-order valence-corrected chi connectivity index (χ1v) is 5.84. The number of ether oxygens (including phenoxy) is 1. The maximum absolute atomic E-state index is 5.58. The average Bonchev–Trinajstić information content (AvgIpc) is 2.76. The van der Waals surface area contributed by atoms with Crippen LogP contribution < -0.4 is 11.3 Å². The van der Waals surface area contributed by atoms with Crippen molar-refractivity contribution in [2.24, 2.45) is 5.84 Å². The van der Waals surface area contributed by atoms with Crippen molar-refractivity contribution in [3.8, 4) is 11.8 Å². The van der Waals surface area contributed by atoms with E-state index in [4.69, 9.17) is 10.6 Å². The molecule has 0 spiro atoms. The molecule has 3 nitrogen and oxygen atoms in total. The Morgan fingerprint density at radius 1 is 1.53 bits per heavy atom. The maximum atomic E-state index is 5.58. The maximum Gasteiger partial charge on any atom is 0.0576 e. The SMILES string of the molecule is CC#CCCC(CCC1CCCO1)NN. The van der Waals surface area contributed by atoms with E-state index in [0.717, 1.165) is 32.3 Å². The summed E-state index contributed by atoms with van der Waals surface area (Å²) in [4.78, 5) is 0. The van der Waals surface area contributed by atoms with Crippen molar-refractivity contribution in [1.29, 1.82) is 0 Å². The number of hydrogen-bond acceptors (Lipinski definition) is 3. The minimum absolute atomic E-state index is 0.384.